The van der Waals surface area contributed by atoms with Crippen LogP contribution in [0.15, 0.2) is 18.2 Å². The summed E-state index contributed by atoms with van der Waals surface area (Å²) in [6.07, 6.45) is 0.464. The van der Waals surface area contributed by atoms with E-state index in [4.69, 9.17) is 0 Å². The molecule has 1 N–H and O–H groups in total. The minimum Gasteiger partial charge on any atom is -0.352 e. The van der Waals surface area contributed by atoms with Gasteiger partial charge in [-0.1, -0.05) is 13.0 Å². The van der Waals surface area contributed by atoms with Crippen LogP contribution in [0.25, 0.3) is 0 Å². The van der Waals surface area contributed by atoms with E-state index < -0.39 is 0 Å². The number of rotatable bonds is 5. The van der Waals surface area contributed by atoms with E-state index >= 15 is 0 Å². The molecule has 0 fully saturated rings. The first-order valence-corrected chi connectivity index (χ1v) is 5.71. The maximum atomic E-state index is 13.5. The first kappa shape index (κ1) is 13.6. The molecule has 4 heteroatoms. The lowest BCUT2D eigenvalue weighted by Gasteiger charge is -2.12. The minimum atomic E-state index is -0.204. The number of amides is 1. The maximum Gasteiger partial charge on any atom is 0.219 e. The number of carbonyl (C=O) groups is 1. The molecule has 0 heterocycles. The molecule has 0 aliphatic rings. The lowest BCUT2D eigenvalue weighted by atomic mass is 10.1. The van der Waals surface area contributed by atoms with Crippen molar-refractivity contribution in [1.29, 1.82) is 0 Å². The Labute approximate surface area is 102 Å². The molecule has 0 bridgehead atoms. The summed E-state index contributed by atoms with van der Waals surface area (Å²) in [5.74, 6) is -0.201. The Hall–Kier alpha value is -1.42. The molecule has 17 heavy (non-hydrogen) atoms. The van der Waals surface area contributed by atoms with Gasteiger partial charge in [0.1, 0.15) is 5.82 Å². The summed E-state index contributed by atoms with van der Waals surface area (Å²) in [5, 5.41) is 2.77. The van der Waals surface area contributed by atoms with Crippen molar-refractivity contribution < 1.29 is 9.18 Å². The van der Waals surface area contributed by atoms with Gasteiger partial charge in [0.15, 0.2) is 0 Å². The number of nitrogens with zero attached hydrogens (tertiary/aromatic N) is 1. The van der Waals surface area contributed by atoms with E-state index in [0.717, 1.165) is 5.56 Å². The monoisotopic (exact) mass is 238 g/mol. The van der Waals surface area contributed by atoms with Crippen molar-refractivity contribution in [3.05, 3.63) is 35.1 Å². The summed E-state index contributed by atoms with van der Waals surface area (Å²) in [4.78, 5) is 13.0. The van der Waals surface area contributed by atoms with Crippen molar-refractivity contribution in [2.45, 2.75) is 26.4 Å². The summed E-state index contributed by atoms with van der Waals surface area (Å²) in [6.45, 7) is 2.81. The van der Waals surface area contributed by atoms with E-state index in [0.29, 0.717) is 25.1 Å². The Morgan fingerprint density at radius 2 is 2.12 bits per heavy atom. The topological polar surface area (TPSA) is 32.3 Å². The Bertz CT molecular complexity index is 391. The second-order valence-electron chi connectivity index (χ2n) is 4.29. The number of halogens is 1. The molecule has 1 aromatic carbocycles. The van der Waals surface area contributed by atoms with Crippen LogP contribution < -0.4 is 5.32 Å². The Kier molecular flexibility index (Phi) is 5.10. The molecule has 0 aromatic heterocycles. The summed E-state index contributed by atoms with van der Waals surface area (Å²) in [6, 6.07) is 4.95. The van der Waals surface area contributed by atoms with E-state index in [9.17, 15) is 9.18 Å². The lowest BCUT2D eigenvalue weighted by molar-refractivity contribution is -0.120. The SMILES string of the molecule is CCC(=O)NCc1ccc(F)c(CN(C)C)c1. The third kappa shape index (κ3) is 4.53. The quantitative estimate of drug-likeness (QED) is 0.850. The second kappa shape index (κ2) is 6.35. The normalized spacial score (nSPS) is 10.6. The van der Waals surface area contributed by atoms with Crippen molar-refractivity contribution in [2.75, 3.05) is 14.1 Å². The van der Waals surface area contributed by atoms with Crippen molar-refractivity contribution in [2.24, 2.45) is 0 Å². The lowest BCUT2D eigenvalue weighted by Crippen LogP contribution is -2.21. The average Bonchev–Trinajstić information content (AvgIpc) is 2.29. The minimum absolute atomic E-state index is 0.00323. The van der Waals surface area contributed by atoms with Crippen LogP contribution in [-0.2, 0) is 17.9 Å². The van der Waals surface area contributed by atoms with Gasteiger partial charge in [0.2, 0.25) is 5.91 Å². The van der Waals surface area contributed by atoms with Crippen LogP contribution in [0, 0.1) is 5.82 Å². The highest BCUT2D eigenvalue weighted by Crippen LogP contribution is 2.12. The third-order valence-corrected chi connectivity index (χ3v) is 2.41. The summed E-state index contributed by atoms with van der Waals surface area (Å²) in [5.41, 5.74) is 1.57. The summed E-state index contributed by atoms with van der Waals surface area (Å²) >= 11 is 0. The highest BCUT2D eigenvalue weighted by Gasteiger charge is 2.05. The van der Waals surface area contributed by atoms with Crippen LogP contribution in [0.4, 0.5) is 4.39 Å². The van der Waals surface area contributed by atoms with Crippen LogP contribution in [0.2, 0.25) is 0 Å². The molecule has 0 saturated heterocycles. The van der Waals surface area contributed by atoms with Crippen LogP contribution in [0.3, 0.4) is 0 Å². The van der Waals surface area contributed by atoms with Crippen molar-refractivity contribution in [3.63, 3.8) is 0 Å². The molecule has 0 radical (unpaired) electrons. The van der Waals surface area contributed by atoms with Crippen molar-refractivity contribution in [1.82, 2.24) is 10.2 Å². The van der Waals surface area contributed by atoms with Gasteiger partial charge in [0, 0.05) is 25.1 Å². The molecule has 94 valence electrons. The molecule has 0 aliphatic carbocycles. The highest BCUT2D eigenvalue weighted by atomic mass is 19.1. The van der Waals surface area contributed by atoms with E-state index in [1.807, 2.05) is 19.0 Å². The van der Waals surface area contributed by atoms with Gasteiger partial charge in [0.25, 0.3) is 0 Å². The van der Waals surface area contributed by atoms with Gasteiger partial charge in [0.05, 0.1) is 0 Å². The molecular weight excluding hydrogens is 219 g/mol. The highest BCUT2D eigenvalue weighted by molar-refractivity contribution is 5.75. The van der Waals surface area contributed by atoms with Crippen LogP contribution in [-0.4, -0.2) is 24.9 Å². The zero-order chi connectivity index (χ0) is 12.8. The molecule has 0 atom stereocenters. The molecule has 0 unspecified atom stereocenters. The fourth-order valence-electron chi connectivity index (χ4n) is 1.53. The molecule has 1 amide bonds. The van der Waals surface area contributed by atoms with E-state index in [-0.39, 0.29) is 11.7 Å². The van der Waals surface area contributed by atoms with Gasteiger partial charge < -0.3 is 10.2 Å². The predicted molar refractivity (Wildman–Crippen MR) is 65.9 cm³/mol. The van der Waals surface area contributed by atoms with Gasteiger partial charge in [-0.05, 0) is 31.8 Å². The fourth-order valence-corrected chi connectivity index (χ4v) is 1.53. The van der Waals surface area contributed by atoms with Crippen molar-refractivity contribution >= 4 is 5.91 Å². The van der Waals surface area contributed by atoms with Gasteiger partial charge in [-0.2, -0.15) is 0 Å². The second-order valence-corrected chi connectivity index (χ2v) is 4.29. The van der Waals surface area contributed by atoms with Gasteiger partial charge in [-0.15, -0.1) is 0 Å². The van der Waals surface area contributed by atoms with Gasteiger partial charge in [-0.25, -0.2) is 4.39 Å². The van der Waals surface area contributed by atoms with E-state index in [1.165, 1.54) is 6.07 Å². The number of hydrogen-bond acceptors (Lipinski definition) is 2. The average molecular weight is 238 g/mol. The van der Waals surface area contributed by atoms with Crippen LogP contribution in [0.5, 0.6) is 0 Å². The largest absolute Gasteiger partial charge is 0.352 e. The summed E-state index contributed by atoms with van der Waals surface area (Å²) in [7, 11) is 3.79. The van der Waals surface area contributed by atoms with Crippen molar-refractivity contribution in [3.8, 4) is 0 Å². The standard InChI is InChI=1S/C13H19FN2O/c1-4-13(17)15-8-10-5-6-12(14)11(7-10)9-16(2)3/h5-7H,4,8-9H2,1-3H3,(H,15,17). The molecule has 0 saturated carbocycles. The molecule has 0 spiro atoms. The smallest absolute Gasteiger partial charge is 0.219 e. The number of benzene rings is 1. The predicted octanol–water partition coefficient (Wildman–Crippen LogP) is 1.91. The zero-order valence-electron chi connectivity index (χ0n) is 10.6. The number of carbonyl (C=O) groups excluding carboxylic acids is 1. The number of nitrogens with one attached hydrogen (secondary N) is 1. The summed E-state index contributed by atoms with van der Waals surface area (Å²) < 4.78 is 13.5. The van der Waals surface area contributed by atoms with Crippen LogP contribution in [0.1, 0.15) is 24.5 Å². The molecule has 1 aromatic rings. The maximum absolute atomic E-state index is 13.5. The molecule has 1 rings (SSSR count). The van der Waals surface area contributed by atoms with E-state index in [1.54, 1.807) is 19.1 Å². The number of hydrogen-bond donors (Lipinski definition) is 1. The molecular formula is C13H19FN2O. The Balaban J connectivity index is 2.71. The first-order chi connectivity index (χ1) is 8.02. The third-order valence-electron chi connectivity index (χ3n) is 2.41. The Morgan fingerprint density at radius 1 is 1.41 bits per heavy atom. The fraction of sp³-hybridized carbons (Fsp3) is 0.462. The first-order valence-electron chi connectivity index (χ1n) is 5.71. The van der Waals surface area contributed by atoms with Gasteiger partial charge in [-0.3, -0.25) is 4.79 Å². The molecule has 3 nitrogen and oxygen atoms in total. The van der Waals surface area contributed by atoms with Crippen LogP contribution >= 0.6 is 0 Å². The van der Waals surface area contributed by atoms with E-state index in [2.05, 4.69) is 5.32 Å². The molecule has 0 aliphatic heterocycles. The zero-order valence-corrected chi connectivity index (χ0v) is 10.6. The van der Waals surface area contributed by atoms with Gasteiger partial charge >= 0.3 is 0 Å². The Morgan fingerprint density at radius 3 is 2.71 bits per heavy atom.